The molecule has 1 aromatic carbocycles. The number of anilines is 1. The summed E-state index contributed by atoms with van der Waals surface area (Å²) < 4.78 is 0. The van der Waals surface area contributed by atoms with Gasteiger partial charge in [-0.05, 0) is 51.7 Å². The zero-order chi connectivity index (χ0) is 18.8. The molecule has 0 spiro atoms. The number of hydrogen-bond acceptors (Lipinski definition) is 5. The molecule has 2 unspecified atom stereocenters. The SMILES string of the molecule is CCN(C(=O)c1cc2ccccc2[nH]1)C1CCCC(Nc2nnc(C)s2)C1. The van der Waals surface area contributed by atoms with Crippen molar-refractivity contribution in [3.8, 4) is 0 Å². The molecule has 1 aliphatic carbocycles. The first-order valence-corrected chi connectivity index (χ1v) is 10.4. The predicted molar refractivity (Wildman–Crippen MR) is 109 cm³/mol. The summed E-state index contributed by atoms with van der Waals surface area (Å²) in [4.78, 5) is 18.5. The van der Waals surface area contributed by atoms with Gasteiger partial charge in [0, 0.05) is 29.5 Å². The molecule has 0 radical (unpaired) electrons. The summed E-state index contributed by atoms with van der Waals surface area (Å²) in [6.45, 7) is 4.74. The molecule has 4 rings (SSSR count). The van der Waals surface area contributed by atoms with E-state index in [0.717, 1.165) is 46.7 Å². The van der Waals surface area contributed by atoms with E-state index in [1.807, 2.05) is 42.2 Å². The van der Waals surface area contributed by atoms with Gasteiger partial charge in [-0.3, -0.25) is 4.79 Å². The van der Waals surface area contributed by atoms with Crippen LogP contribution in [-0.4, -0.2) is 44.6 Å². The van der Waals surface area contributed by atoms with Crippen LogP contribution in [0.4, 0.5) is 5.13 Å². The molecule has 0 bridgehead atoms. The van der Waals surface area contributed by atoms with E-state index >= 15 is 0 Å². The molecule has 1 aliphatic rings. The normalized spacial score (nSPS) is 19.9. The summed E-state index contributed by atoms with van der Waals surface area (Å²) in [7, 11) is 0. The summed E-state index contributed by atoms with van der Waals surface area (Å²) in [6, 6.07) is 10.6. The van der Waals surface area contributed by atoms with Crippen molar-refractivity contribution in [3.05, 3.63) is 41.0 Å². The largest absolute Gasteiger partial charge is 0.357 e. The number of fused-ring (bicyclic) bond motifs is 1. The number of aromatic amines is 1. The van der Waals surface area contributed by atoms with Crippen LogP contribution in [0.2, 0.25) is 0 Å². The molecular formula is C20H25N5OS. The second-order valence-corrected chi connectivity index (χ2v) is 8.33. The lowest BCUT2D eigenvalue weighted by atomic mass is 9.90. The Morgan fingerprint density at radius 2 is 2.19 bits per heavy atom. The lowest BCUT2D eigenvalue weighted by Gasteiger charge is -2.37. The minimum atomic E-state index is 0.0890. The van der Waals surface area contributed by atoms with Crippen molar-refractivity contribution in [1.82, 2.24) is 20.1 Å². The van der Waals surface area contributed by atoms with Gasteiger partial charge in [-0.2, -0.15) is 0 Å². The van der Waals surface area contributed by atoms with Crippen LogP contribution in [0.25, 0.3) is 10.9 Å². The zero-order valence-electron chi connectivity index (χ0n) is 15.7. The first kappa shape index (κ1) is 18.0. The highest BCUT2D eigenvalue weighted by Gasteiger charge is 2.30. The number of nitrogens with zero attached hydrogens (tertiary/aromatic N) is 3. The van der Waals surface area contributed by atoms with E-state index in [4.69, 9.17) is 0 Å². The molecule has 2 N–H and O–H groups in total. The van der Waals surface area contributed by atoms with Gasteiger partial charge in [-0.15, -0.1) is 10.2 Å². The number of H-pyrrole nitrogens is 1. The molecule has 3 aromatic rings. The first-order chi connectivity index (χ1) is 13.1. The van der Waals surface area contributed by atoms with Gasteiger partial charge in [0.15, 0.2) is 0 Å². The van der Waals surface area contributed by atoms with Crippen molar-refractivity contribution in [2.75, 3.05) is 11.9 Å². The van der Waals surface area contributed by atoms with Gasteiger partial charge in [-0.1, -0.05) is 29.5 Å². The van der Waals surface area contributed by atoms with Gasteiger partial charge in [0.05, 0.1) is 0 Å². The summed E-state index contributed by atoms with van der Waals surface area (Å²) in [5.74, 6) is 0.0890. The average molecular weight is 384 g/mol. The number of rotatable bonds is 5. The molecule has 27 heavy (non-hydrogen) atoms. The number of carbonyl (C=O) groups is 1. The van der Waals surface area contributed by atoms with Crippen LogP contribution in [0.1, 0.15) is 48.1 Å². The maximum Gasteiger partial charge on any atom is 0.270 e. The van der Waals surface area contributed by atoms with Crippen LogP contribution >= 0.6 is 11.3 Å². The third-order valence-corrected chi connectivity index (χ3v) is 6.07. The number of nitrogens with one attached hydrogen (secondary N) is 2. The third kappa shape index (κ3) is 3.83. The van der Waals surface area contributed by atoms with E-state index in [0.29, 0.717) is 18.3 Å². The summed E-state index contributed by atoms with van der Waals surface area (Å²) in [6.07, 6.45) is 4.20. The van der Waals surface area contributed by atoms with Gasteiger partial charge in [0.25, 0.3) is 5.91 Å². The van der Waals surface area contributed by atoms with Crippen molar-refractivity contribution in [3.63, 3.8) is 0 Å². The van der Waals surface area contributed by atoms with Crippen LogP contribution in [0.5, 0.6) is 0 Å². The van der Waals surface area contributed by atoms with Crippen molar-refractivity contribution in [2.45, 2.75) is 51.6 Å². The van der Waals surface area contributed by atoms with Gasteiger partial charge in [-0.25, -0.2) is 0 Å². The Kier molecular flexibility index (Phi) is 5.11. The fourth-order valence-electron chi connectivity index (χ4n) is 4.02. The molecule has 6 nitrogen and oxygen atoms in total. The van der Waals surface area contributed by atoms with Crippen LogP contribution in [0.15, 0.2) is 30.3 Å². The molecule has 2 atom stereocenters. The molecular weight excluding hydrogens is 358 g/mol. The Bertz CT molecular complexity index is 900. The highest BCUT2D eigenvalue weighted by atomic mass is 32.1. The zero-order valence-corrected chi connectivity index (χ0v) is 16.6. The summed E-state index contributed by atoms with van der Waals surface area (Å²) in [5, 5.41) is 14.7. The number of aryl methyl sites for hydroxylation is 1. The van der Waals surface area contributed by atoms with E-state index in [1.54, 1.807) is 11.3 Å². The van der Waals surface area contributed by atoms with E-state index in [-0.39, 0.29) is 11.9 Å². The van der Waals surface area contributed by atoms with Crippen LogP contribution in [0.3, 0.4) is 0 Å². The number of carbonyl (C=O) groups excluding carboxylic acids is 1. The average Bonchev–Trinajstić information content (AvgIpc) is 3.28. The Morgan fingerprint density at radius 3 is 2.93 bits per heavy atom. The van der Waals surface area contributed by atoms with Gasteiger partial charge in [0.1, 0.15) is 10.7 Å². The van der Waals surface area contributed by atoms with Crippen molar-refractivity contribution in [1.29, 1.82) is 0 Å². The molecule has 2 heterocycles. The molecule has 0 saturated heterocycles. The second kappa shape index (κ2) is 7.68. The lowest BCUT2D eigenvalue weighted by molar-refractivity contribution is 0.0637. The van der Waals surface area contributed by atoms with E-state index in [9.17, 15) is 4.79 Å². The number of aromatic nitrogens is 3. The maximum absolute atomic E-state index is 13.2. The summed E-state index contributed by atoms with van der Waals surface area (Å²) in [5.41, 5.74) is 1.68. The van der Waals surface area contributed by atoms with Crippen LogP contribution < -0.4 is 5.32 Å². The molecule has 0 aliphatic heterocycles. The van der Waals surface area contributed by atoms with Gasteiger partial charge >= 0.3 is 0 Å². The Labute approximate surface area is 163 Å². The highest BCUT2D eigenvalue weighted by molar-refractivity contribution is 7.15. The number of hydrogen-bond donors (Lipinski definition) is 2. The van der Waals surface area contributed by atoms with Crippen LogP contribution in [-0.2, 0) is 0 Å². The quantitative estimate of drug-likeness (QED) is 0.692. The van der Waals surface area contributed by atoms with Crippen molar-refractivity contribution in [2.24, 2.45) is 0 Å². The fraction of sp³-hybridized carbons (Fsp3) is 0.450. The predicted octanol–water partition coefficient (Wildman–Crippen LogP) is 4.21. The molecule has 1 fully saturated rings. The lowest BCUT2D eigenvalue weighted by Crippen LogP contribution is -2.45. The molecule has 1 saturated carbocycles. The number of amides is 1. The monoisotopic (exact) mass is 383 g/mol. The Hall–Kier alpha value is -2.41. The van der Waals surface area contributed by atoms with E-state index in [2.05, 4.69) is 27.4 Å². The topological polar surface area (TPSA) is 73.9 Å². The van der Waals surface area contributed by atoms with Crippen molar-refractivity contribution < 1.29 is 4.79 Å². The molecule has 7 heteroatoms. The molecule has 142 valence electrons. The Morgan fingerprint density at radius 1 is 1.33 bits per heavy atom. The highest BCUT2D eigenvalue weighted by Crippen LogP contribution is 2.28. The summed E-state index contributed by atoms with van der Waals surface area (Å²) >= 11 is 1.58. The minimum Gasteiger partial charge on any atom is -0.357 e. The second-order valence-electron chi connectivity index (χ2n) is 7.15. The van der Waals surface area contributed by atoms with Gasteiger partial charge in [0.2, 0.25) is 5.13 Å². The van der Waals surface area contributed by atoms with E-state index < -0.39 is 0 Å². The first-order valence-electron chi connectivity index (χ1n) is 9.59. The Balaban J connectivity index is 1.48. The number of para-hydroxylation sites is 1. The minimum absolute atomic E-state index is 0.0890. The standard InChI is InChI=1S/C20H25N5OS/c1-3-25(19(26)18-11-14-7-4-5-10-17(14)22-18)16-9-6-8-15(12-16)21-20-24-23-13(2)27-20/h4-5,7,10-11,15-16,22H,3,6,8-9,12H2,1-2H3,(H,21,24). The van der Waals surface area contributed by atoms with Crippen LogP contribution in [0, 0.1) is 6.92 Å². The van der Waals surface area contributed by atoms with Gasteiger partial charge < -0.3 is 15.2 Å². The number of benzene rings is 1. The fourth-order valence-corrected chi connectivity index (χ4v) is 4.69. The third-order valence-electron chi connectivity index (χ3n) is 5.30. The maximum atomic E-state index is 13.2. The smallest absolute Gasteiger partial charge is 0.270 e. The van der Waals surface area contributed by atoms with Crippen molar-refractivity contribution >= 4 is 33.3 Å². The van der Waals surface area contributed by atoms with E-state index in [1.165, 1.54) is 0 Å². The molecule has 1 amide bonds. The molecule has 2 aromatic heterocycles.